The predicted molar refractivity (Wildman–Crippen MR) is 145 cm³/mol. The molecule has 218 valence electrons. The number of aryl methyl sites for hydroxylation is 1. The summed E-state index contributed by atoms with van der Waals surface area (Å²) in [4.78, 5) is 52.2. The average molecular weight is 587 g/mol. The van der Waals surface area contributed by atoms with Crippen molar-refractivity contribution in [2.75, 3.05) is 6.54 Å². The summed E-state index contributed by atoms with van der Waals surface area (Å²) in [5, 5.41) is 30.9. The van der Waals surface area contributed by atoms with Crippen LogP contribution in [0.15, 0.2) is 53.6 Å². The van der Waals surface area contributed by atoms with E-state index in [1.54, 1.807) is 11.8 Å². The van der Waals surface area contributed by atoms with Crippen molar-refractivity contribution in [2.24, 2.45) is 18.9 Å². The fraction of sp³-hybridized carbons (Fsp3) is 0.481. The number of ether oxygens (including phenoxy) is 1. The maximum atomic E-state index is 13.3. The maximum absolute atomic E-state index is 13.3. The molecule has 1 aromatic carbocycles. The Morgan fingerprint density at radius 2 is 2.00 bits per heavy atom. The number of aliphatic hydroxyl groups is 1. The second-order valence-electron chi connectivity index (χ2n) is 10.8. The summed E-state index contributed by atoms with van der Waals surface area (Å²) in [6.45, 7) is 4.17. The molecule has 0 spiro atoms. The number of hydrogen-bond acceptors (Lipinski definition) is 8. The van der Waals surface area contributed by atoms with Crippen molar-refractivity contribution in [3.63, 3.8) is 0 Å². The number of nitro groups is 1. The number of nitrogens with zero attached hydrogens (tertiary/aromatic N) is 5. The summed E-state index contributed by atoms with van der Waals surface area (Å²) in [5.74, 6) is -2.48. The molecule has 0 unspecified atom stereocenters. The van der Waals surface area contributed by atoms with E-state index in [1.807, 2.05) is 41.8 Å². The number of benzene rings is 1. The lowest BCUT2D eigenvalue weighted by Gasteiger charge is -2.46. The molecule has 2 N–H and O–H groups in total. The van der Waals surface area contributed by atoms with Gasteiger partial charge in [0.1, 0.15) is 31.2 Å². The SMILES string of the molecule is C[C@@H](O)[C@H]1C(=O)N2C(C(=O)O)=C(S[C@H]3C[C@@H](Cn4cc[n+](C)c4)N(C(=O)OCc4ccc([N+](=O)[O-])cc4)C3)[C@H](C)[C@H]12. The molecule has 0 aliphatic carbocycles. The molecular formula is C27H32N5O8S+. The van der Waals surface area contributed by atoms with Gasteiger partial charge in [0, 0.05) is 34.8 Å². The second kappa shape index (κ2) is 11.2. The molecule has 3 aliphatic rings. The highest BCUT2D eigenvalue weighted by molar-refractivity contribution is 8.03. The van der Waals surface area contributed by atoms with Gasteiger partial charge < -0.3 is 24.7 Å². The minimum Gasteiger partial charge on any atom is -0.477 e. The number of nitro benzene ring substituents is 1. The number of fused-ring (bicyclic) bond motifs is 1. The first-order chi connectivity index (χ1) is 19.5. The third-order valence-electron chi connectivity index (χ3n) is 7.97. The molecule has 2 amide bonds. The Balaban J connectivity index is 1.33. The number of non-ortho nitro benzene ring substituents is 1. The number of aromatic nitrogens is 2. The van der Waals surface area contributed by atoms with Gasteiger partial charge in [0.05, 0.1) is 36.1 Å². The van der Waals surface area contributed by atoms with Crippen molar-refractivity contribution in [3.05, 3.63) is 69.3 Å². The summed E-state index contributed by atoms with van der Waals surface area (Å²) in [6.07, 6.45) is 4.84. The largest absolute Gasteiger partial charge is 0.477 e. The number of likely N-dealkylation sites (tertiary alicyclic amines) is 1. The normalized spacial score (nSPS) is 26.1. The van der Waals surface area contributed by atoms with Gasteiger partial charge in [-0.15, -0.1) is 11.8 Å². The number of β-lactam (4-membered cyclic amide) rings is 1. The van der Waals surface area contributed by atoms with Gasteiger partial charge in [-0.05, 0) is 31.0 Å². The number of carboxylic acids is 1. The molecule has 1 aromatic heterocycles. The van der Waals surface area contributed by atoms with Crippen LogP contribution in [-0.2, 0) is 34.5 Å². The lowest BCUT2D eigenvalue weighted by atomic mass is 9.79. The number of rotatable bonds is 9. The molecule has 41 heavy (non-hydrogen) atoms. The van der Waals surface area contributed by atoms with E-state index in [2.05, 4.69) is 0 Å². The Bertz CT molecular complexity index is 1410. The van der Waals surface area contributed by atoms with Gasteiger partial charge in [-0.1, -0.05) is 6.92 Å². The van der Waals surface area contributed by atoms with Crippen LogP contribution < -0.4 is 4.57 Å². The van der Waals surface area contributed by atoms with Crippen LogP contribution >= 0.6 is 11.8 Å². The van der Waals surface area contributed by atoms with Crippen LogP contribution in [0.1, 0.15) is 25.8 Å². The third kappa shape index (κ3) is 5.40. The first kappa shape index (κ1) is 28.6. The molecule has 4 heterocycles. The fourth-order valence-corrected chi connectivity index (χ4v) is 7.57. The summed E-state index contributed by atoms with van der Waals surface area (Å²) in [5.41, 5.74) is 0.519. The van der Waals surface area contributed by atoms with E-state index < -0.39 is 35.0 Å². The van der Waals surface area contributed by atoms with Gasteiger partial charge >= 0.3 is 12.1 Å². The number of aliphatic carboxylic acids is 1. The second-order valence-corrected chi connectivity index (χ2v) is 12.1. The number of hydrogen-bond donors (Lipinski definition) is 2. The Morgan fingerprint density at radius 3 is 2.59 bits per heavy atom. The van der Waals surface area contributed by atoms with E-state index in [-0.39, 0.29) is 41.1 Å². The number of carboxylic acid groups (broad SMARTS) is 1. The molecule has 0 radical (unpaired) electrons. The number of thioether (sulfide) groups is 1. The zero-order chi connectivity index (χ0) is 29.6. The standard InChI is InChI=1S/C27H31N5O8S/c1-15-22-21(16(2)33)25(34)31(22)23(26(35)36)24(15)41-20-10-19(11-29-9-8-28(3)14-29)30(12-20)27(37)40-13-17-4-6-18(7-5-17)32(38)39/h4-9,14-16,19-22,33H,10-13H2,1-3H3/p+1/t15-,16-,19+,20+,21-,22-/m1/s1. The number of amides is 2. The van der Waals surface area contributed by atoms with E-state index in [0.717, 1.165) is 0 Å². The van der Waals surface area contributed by atoms with E-state index in [0.29, 0.717) is 30.0 Å². The van der Waals surface area contributed by atoms with Gasteiger partial charge in [-0.25, -0.2) is 18.7 Å². The van der Waals surface area contributed by atoms with Crippen molar-refractivity contribution in [2.45, 2.75) is 56.9 Å². The van der Waals surface area contributed by atoms with Crippen LogP contribution in [0.5, 0.6) is 0 Å². The number of imidazole rings is 1. The highest BCUT2D eigenvalue weighted by Gasteiger charge is 2.60. The first-order valence-corrected chi connectivity index (χ1v) is 14.2. The first-order valence-electron chi connectivity index (χ1n) is 13.3. The Morgan fingerprint density at radius 1 is 1.29 bits per heavy atom. The summed E-state index contributed by atoms with van der Waals surface area (Å²) >= 11 is 1.38. The molecule has 2 fully saturated rings. The molecule has 3 aliphatic heterocycles. The fourth-order valence-electron chi connectivity index (χ4n) is 6.01. The minimum atomic E-state index is -1.19. The van der Waals surface area contributed by atoms with Crippen LogP contribution in [-0.4, -0.2) is 77.5 Å². The highest BCUT2D eigenvalue weighted by atomic mass is 32.2. The summed E-state index contributed by atoms with van der Waals surface area (Å²) < 4.78 is 9.45. The molecule has 6 atom stereocenters. The molecule has 14 heteroatoms. The van der Waals surface area contributed by atoms with Crippen LogP contribution in [0.2, 0.25) is 0 Å². The predicted octanol–water partition coefficient (Wildman–Crippen LogP) is 1.89. The summed E-state index contributed by atoms with van der Waals surface area (Å²) in [6, 6.07) is 5.14. The molecule has 0 bridgehead atoms. The zero-order valence-electron chi connectivity index (χ0n) is 22.8. The smallest absolute Gasteiger partial charge is 0.410 e. The monoisotopic (exact) mass is 586 g/mol. The molecule has 13 nitrogen and oxygen atoms in total. The average Bonchev–Trinajstić information content (AvgIpc) is 3.58. The van der Waals surface area contributed by atoms with E-state index >= 15 is 0 Å². The minimum absolute atomic E-state index is 0.0393. The van der Waals surface area contributed by atoms with Crippen molar-refractivity contribution >= 4 is 35.4 Å². The molecule has 2 saturated heterocycles. The number of carbonyl (C=O) groups is 3. The van der Waals surface area contributed by atoms with Gasteiger partial charge in [-0.2, -0.15) is 0 Å². The zero-order valence-corrected chi connectivity index (χ0v) is 23.6. The van der Waals surface area contributed by atoms with Crippen molar-refractivity contribution in [1.29, 1.82) is 0 Å². The van der Waals surface area contributed by atoms with Crippen molar-refractivity contribution in [3.8, 4) is 0 Å². The Hall–Kier alpha value is -3.91. The third-order valence-corrected chi connectivity index (χ3v) is 9.46. The van der Waals surface area contributed by atoms with Crippen LogP contribution in [0, 0.1) is 22.0 Å². The maximum Gasteiger partial charge on any atom is 0.410 e. The Labute approximate surface area is 240 Å². The topological polar surface area (TPSA) is 159 Å². The number of aliphatic hydroxyl groups excluding tert-OH is 1. The Kier molecular flexibility index (Phi) is 7.79. The van der Waals surface area contributed by atoms with E-state index in [1.165, 1.54) is 40.9 Å². The van der Waals surface area contributed by atoms with E-state index in [4.69, 9.17) is 4.74 Å². The van der Waals surface area contributed by atoms with Gasteiger partial charge in [-0.3, -0.25) is 14.9 Å². The van der Waals surface area contributed by atoms with Gasteiger partial charge in [0.25, 0.3) is 5.69 Å². The van der Waals surface area contributed by atoms with Crippen molar-refractivity contribution < 1.29 is 38.8 Å². The lowest BCUT2D eigenvalue weighted by molar-refractivity contribution is -0.671. The van der Waals surface area contributed by atoms with Crippen LogP contribution in [0.3, 0.4) is 0 Å². The quantitative estimate of drug-likeness (QED) is 0.194. The van der Waals surface area contributed by atoms with Gasteiger partial charge in [0.15, 0.2) is 0 Å². The number of carbonyl (C=O) groups excluding carboxylic acids is 2. The summed E-state index contributed by atoms with van der Waals surface area (Å²) in [7, 11) is 1.90. The molecular weight excluding hydrogens is 554 g/mol. The van der Waals surface area contributed by atoms with Crippen LogP contribution in [0.25, 0.3) is 0 Å². The molecule has 5 rings (SSSR count). The molecule has 2 aromatic rings. The van der Waals surface area contributed by atoms with Crippen molar-refractivity contribution in [1.82, 2.24) is 14.4 Å². The highest BCUT2D eigenvalue weighted by Crippen LogP contribution is 2.52. The van der Waals surface area contributed by atoms with Gasteiger partial charge in [0.2, 0.25) is 12.2 Å². The van der Waals surface area contributed by atoms with E-state index in [9.17, 15) is 34.7 Å². The lowest BCUT2D eigenvalue weighted by Crippen LogP contribution is -2.63. The van der Waals surface area contributed by atoms with Crippen LogP contribution in [0.4, 0.5) is 10.5 Å². The molecule has 0 saturated carbocycles.